The summed E-state index contributed by atoms with van der Waals surface area (Å²) in [4.78, 5) is 0. The Morgan fingerprint density at radius 2 is 1.53 bits per heavy atom. The molecular formula is C24H17F5O4S. The number of fused-ring (bicyclic) bond motifs is 6. The summed E-state index contributed by atoms with van der Waals surface area (Å²) in [5.74, 6) is -12.6. The highest BCUT2D eigenvalue weighted by Gasteiger charge is 2.70. The maximum absolute atomic E-state index is 14.0. The van der Waals surface area contributed by atoms with Gasteiger partial charge in [0, 0.05) is 29.6 Å². The van der Waals surface area contributed by atoms with Gasteiger partial charge in [0.25, 0.3) is 0 Å². The van der Waals surface area contributed by atoms with Gasteiger partial charge in [0.2, 0.25) is 34.8 Å². The summed E-state index contributed by atoms with van der Waals surface area (Å²) < 4.78 is 91.4. The van der Waals surface area contributed by atoms with Gasteiger partial charge in [-0.05, 0) is 18.3 Å². The van der Waals surface area contributed by atoms with E-state index in [1.54, 1.807) is 0 Å². The van der Waals surface area contributed by atoms with Gasteiger partial charge in [-0.25, -0.2) is 13.2 Å². The van der Waals surface area contributed by atoms with E-state index in [0.29, 0.717) is 0 Å². The number of ether oxygens (including phenoxy) is 4. The zero-order valence-corrected chi connectivity index (χ0v) is 18.2. The predicted molar refractivity (Wildman–Crippen MR) is 111 cm³/mol. The zero-order chi connectivity index (χ0) is 23.9. The Labute approximate surface area is 196 Å². The summed E-state index contributed by atoms with van der Waals surface area (Å²) in [7, 11) is 0. The van der Waals surface area contributed by atoms with Gasteiger partial charge in [0.15, 0.2) is 6.29 Å². The number of thiocarbonyl (C=S) groups is 1. The van der Waals surface area contributed by atoms with Crippen molar-refractivity contribution in [1.82, 2.24) is 0 Å². The zero-order valence-electron chi connectivity index (χ0n) is 17.4. The highest BCUT2D eigenvalue weighted by molar-refractivity contribution is 7.79. The fourth-order valence-corrected chi connectivity index (χ4v) is 6.33. The molecule has 10 heteroatoms. The van der Waals surface area contributed by atoms with E-state index in [4.69, 9.17) is 31.2 Å². The summed E-state index contributed by atoms with van der Waals surface area (Å²) in [5.41, 5.74) is 1.84. The standard InChI is InChI=1S/C24H17F5O4S/c1-8-10-7-11-12(8)20(13(10)21-19(11)30-23(31-21)9-5-3-2-4-6-9)32-24(34)33-22-17(28)15(26)14(25)16(27)18(22)29/h2-6,10-13,19-21,23H,1,7H2/t10-,11+,12-,13-,19-,20+,21+,23-/m1/s1. The van der Waals surface area contributed by atoms with E-state index in [0.717, 1.165) is 17.6 Å². The molecule has 2 aromatic rings. The molecule has 34 heavy (non-hydrogen) atoms. The molecule has 0 N–H and O–H groups in total. The van der Waals surface area contributed by atoms with E-state index in [9.17, 15) is 22.0 Å². The molecule has 3 bridgehead atoms. The first kappa shape index (κ1) is 21.9. The summed E-state index contributed by atoms with van der Waals surface area (Å²) in [6, 6.07) is 9.48. The van der Waals surface area contributed by atoms with Crippen LogP contribution >= 0.6 is 12.2 Å². The van der Waals surface area contributed by atoms with Crippen LogP contribution in [0.15, 0.2) is 42.5 Å². The summed E-state index contributed by atoms with van der Waals surface area (Å²) in [5, 5.41) is -0.741. The van der Waals surface area contributed by atoms with Gasteiger partial charge in [-0.15, -0.1) is 0 Å². The number of benzene rings is 2. The van der Waals surface area contributed by atoms with Crippen molar-refractivity contribution >= 4 is 17.5 Å². The molecule has 178 valence electrons. The van der Waals surface area contributed by atoms with Crippen LogP contribution < -0.4 is 4.74 Å². The molecule has 0 aromatic heterocycles. The van der Waals surface area contributed by atoms with Crippen LogP contribution in [0.3, 0.4) is 0 Å². The molecule has 8 atom stereocenters. The van der Waals surface area contributed by atoms with Crippen LogP contribution in [0.4, 0.5) is 22.0 Å². The first-order valence-electron chi connectivity index (χ1n) is 10.7. The number of hydrogen-bond donors (Lipinski definition) is 0. The SMILES string of the molecule is C=C1[C@@H]2[C@@H]3C[C@H]1[C@@H]([C@@H]1O[C@H](c4ccccc4)O[C@H]31)[C@H]2OC(=S)Oc1c(F)c(F)c(F)c(F)c1F. The van der Waals surface area contributed by atoms with Gasteiger partial charge >= 0.3 is 5.24 Å². The first-order chi connectivity index (χ1) is 16.3. The average Bonchev–Trinajstić information content (AvgIpc) is 3.49. The number of halogens is 5. The lowest BCUT2D eigenvalue weighted by Gasteiger charge is -2.46. The van der Waals surface area contributed by atoms with E-state index in [-0.39, 0.29) is 35.9 Å². The minimum Gasteiger partial charge on any atom is -0.452 e. The summed E-state index contributed by atoms with van der Waals surface area (Å²) in [6.45, 7) is 4.19. The lowest BCUT2D eigenvalue weighted by Crippen LogP contribution is -2.56. The Balaban J connectivity index is 1.24. The normalized spacial score (nSPS) is 35.0. The van der Waals surface area contributed by atoms with Gasteiger partial charge in [0.05, 0.1) is 12.2 Å². The smallest absolute Gasteiger partial charge is 0.358 e. The van der Waals surface area contributed by atoms with Crippen LogP contribution in [0.1, 0.15) is 18.3 Å². The molecule has 6 rings (SSSR count). The Kier molecular flexibility index (Phi) is 4.98. The second kappa shape index (κ2) is 7.73. The largest absolute Gasteiger partial charge is 0.452 e. The second-order valence-corrected chi connectivity index (χ2v) is 9.30. The van der Waals surface area contributed by atoms with Crippen LogP contribution in [0.5, 0.6) is 5.75 Å². The Morgan fingerprint density at radius 3 is 2.21 bits per heavy atom. The lowest BCUT2D eigenvalue weighted by molar-refractivity contribution is -0.108. The molecule has 0 spiro atoms. The van der Waals surface area contributed by atoms with Gasteiger partial charge in [-0.1, -0.05) is 42.5 Å². The van der Waals surface area contributed by atoms with Crippen LogP contribution in [0.25, 0.3) is 0 Å². The molecular weight excluding hydrogens is 479 g/mol. The minimum absolute atomic E-state index is 0.0307. The molecule has 4 fully saturated rings. The third-order valence-electron chi connectivity index (χ3n) is 7.44. The third kappa shape index (κ3) is 2.98. The highest BCUT2D eigenvalue weighted by atomic mass is 32.1. The maximum Gasteiger partial charge on any atom is 0.358 e. The van der Waals surface area contributed by atoms with Crippen molar-refractivity contribution in [3.8, 4) is 5.75 Å². The molecule has 1 aliphatic heterocycles. The van der Waals surface area contributed by atoms with Crippen LogP contribution in [0, 0.1) is 52.8 Å². The number of rotatable bonds is 3. The van der Waals surface area contributed by atoms with E-state index < -0.39 is 52.5 Å². The third-order valence-corrected chi connectivity index (χ3v) is 7.61. The van der Waals surface area contributed by atoms with Crippen molar-refractivity contribution in [2.24, 2.45) is 23.7 Å². The van der Waals surface area contributed by atoms with Gasteiger partial charge < -0.3 is 18.9 Å². The predicted octanol–water partition coefficient (Wildman–Crippen LogP) is 5.37. The summed E-state index contributed by atoms with van der Waals surface area (Å²) in [6.07, 6.45) is -0.788. The van der Waals surface area contributed by atoms with Gasteiger partial charge in [-0.3, -0.25) is 0 Å². The average molecular weight is 496 g/mol. The molecule has 0 amide bonds. The molecule has 0 radical (unpaired) electrons. The molecule has 4 aliphatic rings. The Bertz CT molecular complexity index is 1180. The molecule has 1 saturated heterocycles. The van der Waals surface area contributed by atoms with Crippen molar-refractivity contribution in [2.45, 2.75) is 31.0 Å². The quantitative estimate of drug-likeness (QED) is 0.188. The fourth-order valence-electron chi connectivity index (χ4n) is 6.13. The lowest BCUT2D eigenvalue weighted by atomic mass is 9.65. The van der Waals surface area contributed by atoms with Crippen LogP contribution in [-0.2, 0) is 14.2 Å². The first-order valence-corrected chi connectivity index (χ1v) is 11.1. The van der Waals surface area contributed by atoms with E-state index in [1.807, 2.05) is 30.3 Å². The van der Waals surface area contributed by atoms with Crippen molar-refractivity contribution in [2.75, 3.05) is 0 Å². The van der Waals surface area contributed by atoms with Crippen LogP contribution in [0.2, 0.25) is 0 Å². The number of hydrogen-bond acceptors (Lipinski definition) is 5. The van der Waals surface area contributed by atoms with Gasteiger partial charge in [-0.2, -0.15) is 8.78 Å². The molecule has 1 heterocycles. The maximum atomic E-state index is 14.0. The summed E-state index contributed by atoms with van der Waals surface area (Å²) >= 11 is 4.98. The molecule has 3 saturated carbocycles. The van der Waals surface area contributed by atoms with Crippen molar-refractivity contribution in [3.63, 3.8) is 0 Å². The molecule has 3 aliphatic carbocycles. The molecule has 2 aromatic carbocycles. The van der Waals surface area contributed by atoms with Crippen LogP contribution in [-0.4, -0.2) is 23.5 Å². The van der Waals surface area contributed by atoms with Gasteiger partial charge in [0.1, 0.15) is 6.10 Å². The fraction of sp³-hybridized carbons (Fsp3) is 0.375. The van der Waals surface area contributed by atoms with Crippen molar-refractivity contribution < 1.29 is 40.9 Å². The van der Waals surface area contributed by atoms with Crippen molar-refractivity contribution in [3.05, 3.63) is 77.1 Å². The Hall–Kier alpha value is -2.56. The molecule has 4 nitrogen and oxygen atoms in total. The highest BCUT2D eigenvalue weighted by Crippen LogP contribution is 2.66. The van der Waals surface area contributed by atoms with E-state index in [2.05, 4.69) is 6.58 Å². The van der Waals surface area contributed by atoms with E-state index >= 15 is 0 Å². The Morgan fingerprint density at radius 1 is 0.912 bits per heavy atom. The van der Waals surface area contributed by atoms with Crippen molar-refractivity contribution in [1.29, 1.82) is 0 Å². The minimum atomic E-state index is -2.28. The second-order valence-electron chi connectivity index (χ2n) is 8.96. The van der Waals surface area contributed by atoms with E-state index in [1.165, 1.54) is 0 Å². The topological polar surface area (TPSA) is 36.9 Å². The monoisotopic (exact) mass is 496 g/mol. The molecule has 0 unspecified atom stereocenters.